The zero-order valence-corrected chi connectivity index (χ0v) is 21.2. The average Bonchev–Trinajstić information content (AvgIpc) is 2.83. The van der Waals surface area contributed by atoms with Crippen molar-refractivity contribution in [2.75, 3.05) is 5.32 Å². The fourth-order valence-electron chi connectivity index (χ4n) is 4.78. The predicted octanol–water partition coefficient (Wildman–Crippen LogP) is 2.15. The number of aromatic nitrogens is 2. The molecule has 37 heavy (non-hydrogen) atoms. The van der Waals surface area contributed by atoms with Crippen LogP contribution in [-0.2, 0) is 33.8 Å². The summed E-state index contributed by atoms with van der Waals surface area (Å²) in [6.07, 6.45) is 0.941. The number of carboxylic acid groups (broad SMARTS) is 2. The number of hydrogen-bond acceptors (Lipinski definition) is 6. The number of amides is 1. The van der Waals surface area contributed by atoms with Crippen LogP contribution in [0.1, 0.15) is 42.0 Å². The quantitative estimate of drug-likeness (QED) is 0.190. The van der Waals surface area contributed by atoms with Crippen molar-refractivity contribution in [3.05, 3.63) is 72.2 Å². The van der Waals surface area contributed by atoms with Crippen LogP contribution in [0.2, 0.25) is 0 Å². The van der Waals surface area contributed by atoms with E-state index in [0.29, 0.717) is 35.1 Å². The first-order chi connectivity index (χ1) is 17.6. The van der Waals surface area contributed by atoms with Crippen molar-refractivity contribution in [3.63, 3.8) is 0 Å². The number of aliphatic carboxylic acids is 2. The molecule has 0 aliphatic carbocycles. The van der Waals surface area contributed by atoms with E-state index in [9.17, 15) is 34.2 Å². The molecule has 1 aromatic heterocycles. The Morgan fingerprint density at radius 1 is 1.16 bits per heavy atom. The molecular formula is C25H25BrN4O7. The number of carbonyl (C=O) groups excluding carboxylic acids is 1. The molecule has 3 aromatic rings. The number of aromatic amines is 1. The van der Waals surface area contributed by atoms with Gasteiger partial charge in [0.25, 0.3) is 0 Å². The number of nitrogens with one attached hydrogen (secondary N) is 2. The van der Waals surface area contributed by atoms with Crippen molar-refractivity contribution in [1.82, 2.24) is 9.55 Å². The molecule has 0 radical (unpaired) electrons. The highest BCUT2D eigenvalue weighted by Crippen LogP contribution is 2.32. The SMILES string of the molecule is NCc1ccc(NC(=O)C[C@@H]2CCc3cc(Br)cc4[nH]c(=O)c(=O)n2c34)c(CCC(C(=O)O)C(=O)O)c1. The summed E-state index contributed by atoms with van der Waals surface area (Å²) in [6, 6.07) is 8.11. The molecule has 11 nitrogen and oxygen atoms in total. The van der Waals surface area contributed by atoms with Crippen LogP contribution in [0.4, 0.5) is 5.69 Å². The summed E-state index contributed by atoms with van der Waals surface area (Å²) >= 11 is 3.42. The summed E-state index contributed by atoms with van der Waals surface area (Å²) in [4.78, 5) is 63.4. The van der Waals surface area contributed by atoms with Gasteiger partial charge in [-0.2, -0.15) is 0 Å². The van der Waals surface area contributed by atoms with Gasteiger partial charge in [-0.25, -0.2) is 0 Å². The topological polar surface area (TPSA) is 185 Å². The number of rotatable bonds is 9. The lowest BCUT2D eigenvalue weighted by molar-refractivity contribution is -0.154. The third kappa shape index (κ3) is 5.49. The van der Waals surface area contributed by atoms with E-state index in [1.165, 1.54) is 4.57 Å². The fraction of sp³-hybridized carbons (Fsp3) is 0.320. The van der Waals surface area contributed by atoms with Crippen LogP contribution in [0.15, 0.2) is 44.4 Å². The Bertz CT molecular complexity index is 1510. The van der Waals surface area contributed by atoms with E-state index >= 15 is 0 Å². The standard InChI is InChI=1S/C25H25BrN4O7/c26-15-8-14-2-4-16(30-21(14)19(9-15)29-22(32)23(30)33)10-20(31)28-18-6-1-12(11-27)7-13(18)3-5-17(24(34)35)25(36)37/h1,6-9,16-17H,2-5,10-11,27H2,(H,28,31)(H,29,32)(H,34,35)(H,36,37)/t16-/m0/s1. The van der Waals surface area contributed by atoms with Crippen molar-refractivity contribution in [2.24, 2.45) is 11.7 Å². The van der Waals surface area contributed by atoms with E-state index in [1.54, 1.807) is 24.3 Å². The van der Waals surface area contributed by atoms with Crippen molar-refractivity contribution < 1.29 is 24.6 Å². The Kier molecular flexibility index (Phi) is 7.60. The van der Waals surface area contributed by atoms with Gasteiger partial charge in [-0.3, -0.25) is 28.5 Å². The van der Waals surface area contributed by atoms with Crippen molar-refractivity contribution >= 4 is 50.5 Å². The molecule has 0 fully saturated rings. The van der Waals surface area contributed by atoms with Gasteiger partial charge in [0.1, 0.15) is 0 Å². The first-order valence-electron chi connectivity index (χ1n) is 11.6. The highest BCUT2D eigenvalue weighted by Gasteiger charge is 2.28. The molecule has 0 saturated carbocycles. The Hall–Kier alpha value is -3.77. The maximum absolute atomic E-state index is 13.1. The summed E-state index contributed by atoms with van der Waals surface area (Å²) in [6.45, 7) is 0.210. The third-order valence-electron chi connectivity index (χ3n) is 6.57. The van der Waals surface area contributed by atoms with Gasteiger partial charge < -0.3 is 26.2 Å². The maximum Gasteiger partial charge on any atom is 0.317 e. The minimum atomic E-state index is -1.59. The number of H-pyrrole nitrogens is 1. The normalized spacial score (nSPS) is 14.6. The summed E-state index contributed by atoms with van der Waals surface area (Å²) < 4.78 is 2.16. The molecule has 2 heterocycles. The molecule has 1 atom stereocenters. The molecule has 0 bridgehead atoms. The third-order valence-corrected chi connectivity index (χ3v) is 7.02. The van der Waals surface area contributed by atoms with Gasteiger partial charge in [0, 0.05) is 29.2 Å². The van der Waals surface area contributed by atoms with Crippen molar-refractivity contribution in [1.29, 1.82) is 0 Å². The summed E-state index contributed by atoms with van der Waals surface area (Å²) in [5.41, 5.74) is 7.91. The number of anilines is 1. The number of aryl methyl sites for hydroxylation is 2. The molecule has 6 N–H and O–H groups in total. The monoisotopic (exact) mass is 572 g/mol. The van der Waals surface area contributed by atoms with Gasteiger partial charge in [-0.15, -0.1) is 0 Å². The van der Waals surface area contributed by atoms with E-state index in [-0.39, 0.29) is 25.8 Å². The maximum atomic E-state index is 13.1. The van der Waals surface area contributed by atoms with Gasteiger partial charge in [-0.1, -0.05) is 28.1 Å². The molecule has 12 heteroatoms. The summed E-state index contributed by atoms with van der Waals surface area (Å²) in [7, 11) is 0. The lowest BCUT2D eigenvalue weighted by Crippen LogP contribution is -2.41. The highest BCUT2D eigenvalue weighted by atomic mass is 79.9. The Balaban J connectivity index is 1.59. The van der Waals surface area contributed by atoms with E-state index in [0.717, 1.165) is 15.6 Å². The van der Waals surface area contributed by atoms with E-state index in [4.69, 9.17) is 5.73 Å². The highest BCUT2D eigenvalue weighted by molar-refractivity contribution is 9.10. The zero-order chi connectivity index (χ0) is 26.9. The fourth-order valence-corrected chi connectivity index (χ4v) is 5.28. The minimum Gasteiger partial charge on any atom is -0.481 e. The van der Waals surface area contributed by atoms with Crippen LogP contribution in [0.5, 0.6) is 0 Å². The van der Waals surface area contributed by atoms with E-state index in [1.807, 2.05) is 6.07 Å². The van der Waals surface area contributed by atoms with Crippen LogP contribution < -0.4 is 22.2 Å². The molecule has 4 rings (SSSR count). The van der Waals surface area contributed by atoms with Gasteiger partial charge >= 0.3 is 23.1 Å². The number of nitrogens with two attached hydrogens (primary N) is 1. The van der Waals surface area contributed by atoms with E-state index < -0.39 is 40.9 Å². The van der Waals surface area contributed by atoms with Gasteiger partial charge in [0.05, 0.1) is 11.0 Å². The second-order valence-electron chi connectivity index (χ2n) is 9.00. The van der Waals surface area contributed by atoms with Gasteiger partial charge in [0.2, 0.25) is 5.91 Å². The summed E-state index contributed by atoms with van der Waals surface area (Å²) in [5, 5.41) is 21.2. The van der Waals surface area contributed by atoms with Crippen LogP contribution in [-0.4, -0.2) is 37.6 Å². The number of carbonyl (C=O) groups is 3. The molecule has 1 aliphatic heterocycles. The Labute approximate surface area is 218 Å². The molecule has 194 valence electrons. The van der Waals surface area contributed by atoms with Crippen LogP contribution in [0.25, 0.3) is 11.0 Å². The lowest BCUT2D eigenvalue weighted by atomic mass is 9.95. The number of nitrogens with zero attached hydrogens (tertiary/aromatic N) is 1. The van der Waals surface area contributed by atoms with Crippen LogP contribution in [0, 0.1) is 5.92 Å². The lowest BCUT2D eigenvalue weighted by Gasteiger charge is -2.27. The van der Waals surface area contributed by atoms with Gasteiger partial charge in [0.15, 0.2) is 5.92 Å². The number of hydrogen-bond donors (Lipinski definition) is 5. The van der Waals surface area contributed by atoms with Gasteiger partial charge in [-0.05, 0) is 60.6 Å². The van der Waals surface area contributed by atoms with Crippen LogP contribution >= 0.6 is 15.9 Å². The molecule has 1 aliphatic rings. The van der Waals surface area contributed by atoms with Crippen molar-refractivity contribution in [3.8, 4) is 0 Å². The Morgan fingerprint density at radius 3 is 2.57 bits per heavy atom. The van der Waals surface area contributed by atoms with Crippen molar-refractivity contribution in [2.45, 2.75) is 44.7 Å². The van der Waals surface area contributed by atoms with Crippen LogP contribution in [0.3, 0.4) is 0 Å². The second-order valence-corrected chi connectivity index (χ2v) is 9.91. The summed E-state index contributed by atoms with van der Waals surface area (Å²) in [5.74, 6) is -4.86. The molecule has 2 aromatic carbocycles. The molecule has 0 saturated heterocycles. The number of halogens is 1. The Morgan fingerprint density at radius 2 is 1.89 bits per heavy atom. The molecule has 0 spiro atoms. The second kappa shape index (κ2) is 10.7. The molecule has 1 amide bonds. The average molecular weight is 573 g/mol. The molecule has 0 unspecified atom stereocenters. The first-order valence-corrected chi connectivity index (χ1v) is 12.4. The predicted molar refractivity (Wildman–Crippen MR) is 139 cm³/mol. The zero-order valence-electron chi connectivity index (χ0n) is 19.6. The number of carboxylic acids is 2. The van der Waals surface area contributed by atoms with E-state index in [2.05, 4.69) is 26.2 Å². The number of benzene rings is 2. The largest absolute Gasteiger partial charge is 0.481 e. The smallest absolute Gasteiger partial charge is 0.317 e. The minimum absolute atomic E-state index is 0.0705. The first kappa shape index (κ1) is 26.3. The molecular weight excluding hydrogens is 548 g/mol.